The molecule has 0 aliphatic rings. The summed E-state index contributed by atoms with van der Waals surface area (Å²) in [5.74, 6) is -0.217. The highest BCUT2D eigenvalue weighted by Crippen LogP contribution is 2.09. The maximum atomic E-state index is 12.2. The van der Waals surface area contributed by atoms with Gasteiger partial charge in [0.05, 0.1) is 6.61 Å². The Kier molecular flexibility index (Phi) is 8.37. The van der Waals surface area contributed by atoms with Crippen molar-refractivity contribution in [3.63, 3.8) is 0 Å². The van der Waals surface area contributed by atoms with Gasteiger partial charge in [-0.05, 0) is 25.8 Å². The van der Waals surface area contributed by atoms with E-state index < -0.39 is 0 Å². The van der Waals surface area contributed by atoms with E-state index in [2.05, 4.69) is 0 Å². The average Bonchev–Trinajstić information content (AvgIpc) is 2.27. The molecule has 0 aliphatic heterocycles. The van der Waals surface area contributed by atoms with E-state index in [4.69, 9.17) is 10.5 Å². The molecule has 0 aliphatic carbocycles. The quantitative estimate of drug-likeness (QED) is 0.660. The van der Waals surface area contributed by atoms with E-state index in [1.165, 1.54) is 0 Å². The van der Waals surface area contributed by atoms with Crippen molar-refractivity contribution in [3.05, 3.63) is 0 Å². The molecule has 1 atom stereocenters. The predicted molar refractivity (Wildman–Crippen MR) is 70.9 cm³/mol. The van der Waals surface area contributed by atoms with Crippen LogP contribution in [0.4, 0.5) is 0 Å². The molecule has 0 heterocycles. The van der Waals surface area contributed by atoms with Crippen molar-refractivity contribution in [2.24, 2.45) is 17.6 Å². The summed E-state index contributed by atoms with van der Waals surface area (Å²) in [4.78, 5) is 25.2. The Morgan fingerprint density at radius 3 is 2.33 bits per heavy atom. The first-order valence-electron chi connectivity index (χ1n) is 6.56. The maximum absolute atomic E-state index is 12.2. The normalized spacial score (nSPS) is 12.3. The molecular weight excluding hydrogens is 232 g/mol. The van der Waals surface area contributed by atoms with E-state index in [1.54, 1.807) is 11.8 Å². The van der Waals surface area contributed by atoms with Gasteiger partial charge in [0, 0.05) is 12.5 Å². The zero-order chi connectivity index (χ0) is 14.1. The second-order valence-electron chi connectivity index (χ2n) is 4.90. The Balaban J connectivity index is 4.55. The Hall–Kier alpha value is -1.10. The molecule has 0 rings (SSSR count). The summed E-state index contributed by atoms with van der Waals surface area (Å²) in [5, 5.41) is 0. The van der Waals surface area contributed by atoms with Gasteiger partial charge in [0.1, 0.15) is 6.54 Å². The van der Waals surface area contributed by atoms with Crippen LogP contribution in [0.15, 0.2) is 0 Å². The standard InChI is InChI=1S/C13H26N2O3/c1-5-18-12(16)9-15(8-10(2)3)13(17)11(4)6-7-14/h10-11H,5-9,14H2,1-4H3. The molecule has 1 amide bonds. The van der Waals surface area contributed by atoms with Crippen LogP contribution >= 0.6 is 0 Å². The lowest BCUT2D eigenvalue weighted by atomic mass is 10.1. The molecule has 0 saturated heterocycles. The molecule has 2 N–H and O–H groups in total. The molecule has 0 fully saturated rings. The average molecular weight is 258 g/mol. The molecule has 106 valence electrons. The van der Waals surface area contributed by atoms with E-state index in [0.29, 0.717) is 32.0 Å². The number of hydrogen-bond donors (Lipinski definition) is 1. The summed E-state index contributed by atoms with van der Waals surface area (Å²) in [5.41, 5.74) is 5.46. The number of nitrogens with two attached hydrogens (primary N) is 1. The molecule has 0 radical (unpaired) electrons. The molecule has 0 spiro atoms. The molecule has 0 aromatic carbocycles. The number of nitrogens with zero attached hydrogens (tertiary/aromatic N) is 1. The lowest BCUT2D eigenvalue weighted by Crippen LogP contribution is -2.42. The molecular formula is C13H26N2O3. The van der Waals surface area contributed by atoms with Crippen molar-refractivity contribution in [2.45, 2.75) is 34.1 Å². The Morgan fingerprint density at radius 2 is 1.89 bits per heavy atom. The molecule has 0 aromatic rings. The molecule has 0 aromatic heterocycles. The summed E-state index contributed by atoms with van der Waals surface area (Å²) in [6, 6.07) is 0. The Labute approximate surface area is 110 Å². The summed E-state index contributed by atoms with van der Waals surface area (Å²) >= 11 is 0. The van der Waals surface area contributed by atoms with Gasteiger partial charge in [-0.2, -0.15) is 0 Å². The predicted octanol–water partition coefficient (Wildman–Crippen LogP) is 1.02. The van der Waals surface area contributed by atoms with Gasteiger partial charge in [0.25, 0.3) is 0 Å². The minimum absolute atomic E-state index is 0.0257. The van der Waals surface area contributed by atoms with Crippen molar-refractivity contribution in [3.8, 4) is 0 Å². The zero-order valence-electron chi connectivity index (χ0n) is 11.9. The first-order chi connectivity index (χ1) is 8.42. The van der Waals surface area contributed by atoms with Gasteiger partial charge in [-0.15, -0.1) is 0 Å². The third kappa shape index (κ3) is 6.59. The SMILES string of the molecule is CCOC(=O)CN(CC(C)C)C(=O)C(C)CCN. The van der Waals surface area contributed by atoms with Crippen molar-refractivity contribution in [1.29, 1.82) is 0 Å². The van der Waals surface area contributed by atoms with Gasteiger partial charge < -0.3 is 15.4 Å². The fourth-order valence-electron chi connectivity index (χ4n) is 1.72. The van der Waals surface area contributed by atoms with Gasteiger partial charge in [-0.25, -0.2) is 0 Å². The van der Waals surface area contributed by atoms with Crippen LogP contribution in [0, 0.1) is 11.8 Å². The Morgan fingerprint density at radius 1 is 1.28 bits per heavy atom. The molecule has 18 heavy (non-hydrogen) atoms. The summed E-state index contributed by atoms with van der Waals surface area (Å²) < 4.78 is 4.89. The Bertz CT molecular complexity index is 267. The fourth-order valence-corrected chi connectivity index (χ4v) is 1.72. The van der Waals surface area contributed by atoms with E-state index in [0.717, 1.165) is 0 Å². The number of carbonyl (C=O) groups is 2. The molecule has 1 unspecified atom stereocenters. The molecule has 5 heteroatoms. The number of esters is 1. The largest absolute Gasteiger partial charge is 0.465 e. The number of amides is 1. The van der Waals surface area contributed by atoms with Crippen molar-refractivity contribution in [2.75, 3.05) is 26.2 Å². The van der Waals surface area contributed by atoms with E-state index in [1.807, 2.05) is 20.8 Å². The van der Waals surface area contributed by atoms with Crippen LogP contribution in [0.1, 0.15) is 34.1 Å². The summed E-state index contributed by atoms with van der Waals surface area (Å²) in [6.45, 7) is 9.02. The zero-order valence-corrected chi connectivity index (χ0v) is 11.9. The number of carbonyl (C=O) groups excluding carboxylic acids is 2. The lowest BCUT2D eigenvalue weighted by Gasteiger charge is -2.26. The van der Waals surface area contributed by atoms with Crippen molar-refractivity contribution in [1.82, 2.24) is 4.90 Å². The van der Waals surface area contributed by atoms with Gasteiger partial charge in [-0.3, -0.25) is 9.59 Å². The second kappa shape index (κ2) is 8.91. The van der Waals surface area contributed by atoms with Crippen LogP contribution in [0.25, 0.3) is 0 Å². The minimum atomic E-state index is -0.355. The smallest absolute Gasteiger partial charge is 0.325 e. The van der Waals surface area contributed by atoms with E-state index in [-0.39, 0.29) is 24.3 Å². The highest BCUT2D eigenvalue weighted by molar-refractivity contribution is 5.83. The first-order valence-corrected chi connectivity index (χ1v) is 6.56. The highest BCUT2D eigenvalue weighted by atomic mass is 16.5. The second-order valence-corrected chi connectivity index (χ2v) is 4.90. The number of ether oxygens (including phenoxy) is 1. The molecule has 0 bridgehead atoms. The van der Waals surface area contributed by atoms with E-state index >= 15 is 0 Å². The van der Waals surface area contributed by atoms with Crippen LogP contribution in [0.5, 0.6) is 0 Å². The van der Waals surface area contributed by atoms with Crippen LogP contribution in [0.3, 0.4) is 0 Å². The van der Waals surface area contributed by atoms with Crippen molar-refractivity contribution >= 4 is 11.9 Å². The number of rotatable bonds is 8. The summed E-state index contributed by atoms with van der Waals surface area (Å²) in [6.07, 6.45) is 0.635. The van der Waals surface area contributed by atoms with E-state index in [9.17, 15) is 9.59 Å². The highest BCUT2D eigenvalue weighted by Gasteiger charge is 2.23. The first kappa shape index (κ1) is 16.9. The number of hydrogen-bond acceptors (Lipinski definition) is 4. The van der Waals surface area contributed by atoms with Gasteiger partial charge in [0.2, 0.25) is 5.91 Å². The third-order valence-corrected chi connectivity index (χ3v) is 2.54. The van der Waals surface area contributed by atoms with Gasteiger partial charge in [-0.1, -0.05) is 20.8 Å². The van der Waals surface area contributed by atoms with Crippen LogP contribution in [-0.4, -0.2) is 43.0 Å². The minimum Gasteiger partial charge on any atom is -0.465 e. The lowest BCUT2D eigenvalue weighted by molar-refractivity contribution is -0.150. The van der Waals surface area contributed by atoms with Crippen LogP contribution in [-0.2, 0) is 14.3 Å². The third-order valence-electron chi connectivity index (χ3n) is 2.54. The molecule has 5 nitrogen and oxygen atoms in total. The topological polar surface area (TPSA) is 72.6 Å². The summed E-state index contributed by atoms with van der Waals surface area (Å²) in [7, 11) is 0. The van der Waals surface area contributed by atoms with Gasteiger partial charge >= 0.3 is 5.97 Å². The van der Waals surface area contributed by atoms with Crippen LogP contribution < -0.4 is 5.73 Å². The van der Waals surface area contributed by atoms with Crippen molar-refractivity contribution < 1.29 is 14.3 Å². The molecule has 0 saturated carbocycles. The monoisotopic (exact) mass is 258 g/mol. The fraction of sp³-hybridized carbons (Fsp3) is 0.846. The van der Waals surface area contributed by atoms with Gasteiger partial charge in [0.15, 0.2) is 0 Å². The van der Waals surface area contributed by atoms with Crippen LogP contribution in [0.2, 0.25) is 0 Å². The maximum Gasteiger partial charge on any atom is 0.325 e.